The molecule has 0 bridgehead atoms. The van der Waals surface area contributed by atoms with E-state index in [9.17, 15) is 4.79 Å². The summed E-state index contributed by atoms with van der Waals surface area (Å²) in [5, 5.41) is 0. The number of likely N-dealkylation sites (tertiary alicyclic amines) is 1. The predicted molar refractivity (Wildman–Crippen MR) is 89.8 cm³/mol. The molecular weight excluding hydrogens is 302 g/mol. The first-order chi connectivity index (χ1) is 11.7. The van der Waals surface area contributed by atoms with E-state index in [0.29, 0.717) is 18.0 Å². The van der Waals surface area contributed by atoms with Crippen molar-refractivity contribution in [3.8, 4) is 0 Å². The largest absolute Gasteiger partial charge is 0.338 e. The standard InChI is InChI=1S/C18H19N5O/c1-13-10-23-16(5-2-6-17(23)21-13)14-4-3-7-22(11-14)18(24)15-8-19-12-20-9-15/h2,5-6,8-10,12,14H,3-4,7,11H2,1H3. The lowest BCUT2D eigenvalue weighted by Crippen LogP contribution is -2.39. The molecule has 122 valence electrons. The Labute approximate surface area is 140 Å². The van der Waals surface area contributed by atoms with Gasteiger partial charge < -0.3 is 9.30 Å². The van der Waals surface area contributed by atoms with E-state index in [1.54, 1.807) is 12.4 Å². The molecule has 24 heavy (non-hydrogen) atoms. The Morgan fingerprint density at radius 1 is 1.25 bits per heavy atom. The molecule has 0 aliphatic carbocycles. The van der Waals surface area contributed by atoms with E-state index in [1.807, 2.05) is 24.0 Å². The van der Waals surface area contributed by atoms with Crippen molar-refractivity contribution in [1.29, 1.82) is 0 Å². The molecule has 3 aromatic heterocycles. The van der Waals surface area contributed by atoms with Crippen molar-refractivity contribution in [3.05, 3.63) is 60.1 Å². The lowest BCUT2D eigenvalue weighted by atomic mass is 9.93. The van der Waals surface area contributed by atoms with Crippen LogP contribution in [0.15, 0.2) is 43.1 Å². The molecular formula is C18H19N5O. The molecule has 1 aliphatic heterocycles. The number of amides is 1. The molecule has 1 amide bonds. The minimum atomic E-state index is 0.00860. The molecule has 1 saturated heterocycles. The summed E-state index contributed by atoms with van der Waals surface area (Å²) in [5.74, 6) is 0.318. The second kappa shape index (κ2) is 6.03. The number of hydrogen-bond acceptors (Lipinski definition) is 4. The highest BCUT2D eigenvalue weighted by Crippen LogP contribution is 2.28. The number of hydrogen-bond donors (Lipinski definition) is 0. The molecule has 0 saturated carbocycles. The van der Waals surface area contributed by atoms with Crippen LogP contribution < -0.4 is 0 Å². The average Bonchev–Trinajstić information content (AvgIpc) is 3.02. The zero-order chi connectivity index (χ0) is 16.5. The second-order valence-electron chi connectivity index (χ2n) is 6.28. The van der Waals surface area contributed by atoms with E-state index in [1.165, 1.54) is 12.0 Å². The Morgan fingerprint density at radius 2 is 2.08 bits per heavy atom. The van der Waals surface area contributed by atoms with Gasteiger partial charge in [0.25, 0.3) is 5.91 Å². The van der Waals surface area contributed by atoms with Crippen molar-refractivity contribution in [1.82, 2.24) is 24.3 Å². The second-order valence-corrected chi connectivity index (χ2v) is 6.28. The summed E-state index contributed by atoms with van der Waals surface area (Å²) in [6.45, 7) is 3.50. The number of pyridine rings is 1. The fourth-order valence-corrected chi connectivity index (χ4v) is 3.48. The number of aromatic nitrogens is 4. The molecule has 6 nitrogen and oxygen atoms in total. The van der Waals surface area contributed by atoms with Gasteiger partial charge in [-0.1, -0.05) is 6.07 Å². The monoisotopic (exact) mass is 321 g/mol. The zero-order valence-corrected chi connectivity index (χ0v) is 13.6. The van der Waals surface area contributed by atoms with E-state index < -0.39 is 0 Å². The van der Waals surface area contributed by atoms with E-state index in [4.69, 9.17) is 0 Å². The molecule has 0 N–H and O–H groups in total. The fourth-order valence-electron chi connectivity index (χ4n) is 3.48. The summed E-state index contributed by atoms with van der Waals surface area (Å²) in [4.78, 5) is 27.0. The number of nitrogens with zero attached hydrogens (tertiary/aromatic N) is 5. The Morgan fingerprint density at radius 3 is 2.92 bits per heavy atom. The van der Waals surface area contributed by atoms with Crippen molar-refractivity contribution in [3.63, 3.8) is 0 Å². The van der Waals surface area contributed by atoms with Gasteiger partial charge in [-0.2, -0.15) is 0 Å². The molecule has 0 spiro atoms. The Hall–Kier alpha value is -2.76. The third-order valence-corrected chi connectivity index (χ3v) is 4.58. The highest BCUT2D eigenvalue weighted by atomic mass is 16.2. The smallest absolute Gasteiger partial charge is 0.257 e. The normalized spacial score (nSPS) is 18.0. The lowest BCUT2D eigenvalue weighted by Gasteiger charge is -2.33. The number of carbonyl (C=O) groups excluding carboxylic acids is 1. The van der Waals surface area contributed by atoms with Gasteiger partial charge in [-0.15, -0.1) is 0 Å². The fraction of sp³-hybridized carbons (Fsp3) is 0.333. The number of aryl methyl sites for hydroxylation is 1. The molecule has 4 rings (SSSR count). The molecule has 1 unspecified atom stereocenters. The van der Waals surface area contributed by atoms with Crippen LogP contribution in [0, 0.1) is 6.92 Å². The summed E-state index contributed by atoms with van der Waals surface area (Å²) in [6, 6.07) is 6.20. The average molecular weight is 321 g/mol. The minimum Gasteiger partial charge on any atom is -0.338 e. The lowest BCUT2D eigenvalue weighted by molar-refractivity contribution is 0.0704. The summed E-state index contributed by atoms with van der Waals surface area (Å²) >= 11 is 0. The Kier molecular flexibility index (Phi) is 3.72. The number of piperidine rings is 1. The molecule has 1 fully saturated rings. The van der Waals surface area contributed by atoms with Gasteiger partial charge >= 0.3 is 0 Å². The van der Waals surface area contributed by atoms with Crippen LogP contribution in [0.5, 0.6) is 0 Å². The van der Waals surface area contributed by atoms with Crippen LogP contribution in [-0.2, 0) is 0 Å². The van der Waals surface area contributed by atoms with Gasteiger partial charge in [-0.3, -0.25) is 4.79 Å². The quantitative estimate of drug-likeness (QED) is 0.727. The predicted octanol–water partition coefficient (Wildman–Crippen LogP) is 2.45. The minimum absolute atomic E-state index is 0.00860. The van der Waals surface area contributed by atoms with Crippen molar-refractivity contribution < 1.29 is 4.79 Å². The van der Waals surface area contributed by atoms with Crippen LogP contribution in [0.1, 0.15) is 40.5 Å². The van der Waals surface area contributed by atoms with Crippen molar-refractivity contribution >= 4 is 11.6 Å². The first kappa shape index (κ1) is 14.8. The van der Waals surface area contributed by atoms with Crippen LogP contribution in [-0.4, -0.2) is 43.2 Å². The SMILES string of the molecule is Cc1cn2c(C3CCCN(C(=O)c4cncnc4)C3)cccc2n1. The van der Waals surface area contributed by atoms with Crippen LogP contribution in [0.3, 0.4) is 0 Å². The van der Waals surface area contributed by atoms with Gasteiger partial charge in [0.05, 0.1) is 11.3 Å². The highest BCUT2D eigenvalue weighted by molar-refractivity contribution is 5.93. The number of fused-ring (bicyclic) bond motifs is 1. The molecule has 0 aromatic carbocycles. The number of carbonyl (C=O) groups is 1. The molecule has 6 heteroatoms. The summed E-state index contributed by atoms with van der Waals surface area (Å²) in [7, 11) is 0. The first-order valence-electron chi connectivity index (χ1n) is 8.21. The van der Waals surface area contributed by atoms with Crippen molar-refractivity contribution in [2.75, 3.05) is 13.1 Å². The van der Waals surface area contributed by atoms with Gasteiger partial charge in [-0.05, 0) is 31.9 Å². The van der Waals surface area contributed by atoms with Crippen LogP contribution in [0.25, 0.3) is 5.65 Å². The Bertz CT molecular complexity index is 874. The van der Waals surface area contributed by atoms with E-state index >= 15 is 0 Å². The maximum absolute atomic E-state index is 12.7. The molecule has 1 aliphatic rings. The number of rotatable bonds is 2. The summed E-state index contributed by atoms with van der Waals surface area (Å²) in [6.07, 6.45) is 8.74. The van der Waals surface area contributed by atoms with Crippen molar-refractivity contribution in [2.24, 2.45) is 0 Å². The van der Waals surface area contributed by atoms with E-state index in [-0.39, 0.29) is 5.91 Å². The van der Waals surface area contributed by atoms with Gasteiger partial charge in [0.2, 0.25) is 0 Å². The third kappa shape index (κ3) is 2.64. The van der Waals surface area contributed by atoms with Crippen LogP contribution in [0.2, 0.25) is 0 Å². The maximum atomic E-state index is 12.7. The first-order valence-corrected chi connectivity index (χ1v) is 8.21. The van der Waals surface area contributed by atoms with E-state index in [2.05, 4.69) is 31.6 Å². The summed E-state index contributed by atoms with van der Waals surface area (Å²) in [5.41, 5.74) is 3.74. The Balaban J connectivity index is 1.61. The van der Waals surface area contributed by atoms with Gasteiger partial charge in [0.15, 0.2) is 0 Å². The van der Waals surface area contributed by atoms with Gasteiger partial charge in [0, 0.05) is 43.3 Å². The number of imidazole rings is 1. The van der Waals surface area contributed by atoms with Gasteiger partial charge in [0.1, 0.15) is 12.0 Å². The topological polar surface area (TPSA) is 63.4 Å². The van der Waals surface area contributed by atoms with Crippen LogP contribution in [0.4, 0.5) is 0 Å². The summed E-state index contributed by atoms with van der Waals surface area (Å²) < 4.78 is 2.15. The molecule has 1 atom stereocenters. The molecule has 0 radical (unpaired) electrons. The van der Waals surface area contributed by atoms with E-state index in [0.717, 1.165) is 30.7 Å². The highest BCUT2D eigenvalue weighted by Gasteiger charge is 2.27. The maximum Gasteiger partial charge on any atom is 0.257 e. The zero-order valence-electron chi connectivity index (χ0n) is 13.6. The van der Waals surface area contributed by atoms with Crippen LogP contribution >= 0.6 is 0 Å². The van der Waals surface area contributed by atoms with Crippen molar-refractivity contribution in [2.45, 2.75) is 25.7 Å². The molecule has 4 heterocycles. The van der Waals surface area contributed by atoms with Gasteiger partial charge in [-0.25, -0.2) is 15.0 Å². The third-order valence-electron chi connectivity index (χ3n) is 4.58. The molecule has 3 aromatic rings.